The molecule has 0 atom stereocenters. The van der Waals surface area contributed by atoms with Crippen LogP contribution < -0.4 is 9.80 Å². The third kappa shape index (κ3) is 2.65. The first-order valence-corrected chi connectivity index (χ1v) is 7.74. The van der Waals surface area contributed by atoms with Gasteiger partial charge in [0.15, 0.2) is 0 Å². The SMILES string of the molecule is O=C(c1ccno1)N1CCCc2cnc(N3CCOCC3)nc21. The molecule has 8 heteroatoms. The highest BCUT2D eigenvalue weighted by atomic mass is 16.5. The van der Waals surface area contributed by atoms with Crippen molar-refractivity contribution in [2.45, 2.75) is 12.8 Å². The monoisotopic (exact) mass is 315 g/mol. The smallest absolute Gasteiger partial charge is 0.298 e. The molecule has 2 aromatic heterocycles. The van der Waals surface area contributed by atoms with Crippen LogP contribution in [0.25, 0.3) is 0 Å². The number of ether oxygens (including phenoxy) is 1. The van der Waals surface area contributed by atoms with Gasteiger partial charge in [-0.3, -0.25) is 9.69 Å². The maximum Gasteiger partial charge on any atom is 0.298 e. The van der Waals surface area contributed by atoms with E-state index in [1.54, 1.807) is 11.0 Å². The summed E-state index contributed by atoms with van der Waals surface area (Å²) in [6.07, 6.45) is 5.05. The summed E-state index contributed by atoms with van der Waals surface area (Å²) in [6.45, 7) is 3.47. The Bertz CT molecular complexity index is 697. The van der Waals surface area contributed by atoms with Crippen molar-refractivity contribution in [1.29, 1.82) is 0 Å². The van der Waals surface area contributed by atoms with E-state index in [1.165, 1.54) is 6.20 Å². The molecule has 0 spiro atoms. The molecule has 2 aliphatic rings. The lowest BCUT2D eigenvalue weighted by Gasteiger charge is -2.30. The normalized spacial score (nSPS) is 17.9. The van der Waals surface area contributed by atoms with Gasteiger partial charge in [0.1, 0.15) is 5.82 Å². The molecule has 0 saturated carbocycles. The zero-order valence-corrected chi connectivity index (χ0v) is 12.6. The lowest BCUT2D eigenvalue weighted by Crippen LogP contribution is -2.39. The summed E-state index contributed by atoms with van der Waals surface area (Å²) >= 11 is 0. The van der Waals surface area contributed by atoms with Gasteiger partial charge < -0.3 is 14.2 Å². The van der Waals surface area contributed by atoms with E-state index in [2.05, 4.69) is 20.0 Å². The molecule has 1 saturated heterocycles. The van der Waals surface area contributed by atoms with Crippen molar-refractivity contribution in [3.63, 3.8) is 0 Å². The summed E-state index contributed by atoms with van der Waals surface area (Å²) in [5.41, 5.74) is 0.987. The van der Waals surface area contributed by atoms with Crippen LogP contribution in [-0.4, -0.2) is 53.9 Å². The summed E-state index contributed by atoms with van der Waals surface area (Å²) in [5, 5.41) is 3.61. The molecule has 4 heterocycles. The van der Waals surface area contributed by atoms with Gasteiger partial charge in [0.2, 0.25) is 11.7 Å². The first-order valence-electron chi connectivity index (χ1n) is 7.74. The molecular formula is C15H17N5O3. The second kappa shape index (κ2) is 5.96. The molecule has 0 aliphatic carbocycles. The predicted molar refractivity (Wildman–Crippen MR) is 81.6 cm³/mol. The standard InChI is InChI=1S/C15H17N5O3/c21-14(12-3-4-17-23-12)20-5-1-2-11-10-16-15(18-13(11)20)19-6-8-22-9-7-19/h3-4,10H,1-2,5-9H2. The van der Waals surface area contributed by atoms with E-state index < -0.39 is 0 Å². The molecule has 2 aliphatic heterocycles. The largest absolute Gasteiger partial charge is 0.378 e. The summed E-state index contributed by atoms with van der Waals surface area (Å²) in [6, 6.07) is 1.57. The highest BCUT2D eigenvalue weighted by Gasteiger charge is 2.28. The Morgan fingerprint density at radius 1 is 1.22 bits per heavy atom. The van der Waals surface area contributed by atoms with Crippen molar-refractivity contribution in [2.75, 3.05) is 42.6 Å². The topological polar surface area (TPSA) is 84.6 Å². The minimum Gasteiger partial charge on any atom is -0.378 e. The Morgan fingerprint density at radius 2 is 2.09 bits per heavy atom. The number of nitrogens with zero attached hydrogens (tertiary/aromatic N) is 5. The number of fused-ring (bicyclic) bond motifs is 1. The molecule has 0 N–H and O–H groups in total. The van der Waals surface area contributed by atoms with Gasteiger partial charge in [-0.1, -0.05) is 5.16 Å². The highest BCUT2D eigenvalue weighted by molar-refractivity contribution is 6.04. The Balaban J connectivity index is 1.66. The molecule has 0 aromatic carbocycles. The van der Waals surface area contributed by atoms with E-state index in [0.29, 0.717) is 31.5 Å². The van der Waals surface area contributed by atoms with Gasteiger partial charge in [0.25, 0.3) is 5.91 Å². The molecule has 120 valence electrons. The second-order valence-electron chi connectivity index (χ2n) is 5.56. The van der Waals surface area contributed by atoms with Gasteiger partial charge in [0, 0.05) is 37.5 Å². The first kappa shape index (κ1) is 14.1. The molecule has 8 nitrogen and oxygen atoms in total. The van der Waals surface area contributed by atoms with Crippen LogP contribution in [0.4, 0.5) is 11.8 Å². The first-order chi connectivity index (χ1) is 11.3. The fourth-order valence-electron chi connectivity index (χ4n) is 2.90. The van der Waals surface area contributed by atoms with E-state index in [0.717, 1.165) is 31.5 Å². The Labute approximate surface area is 133 Å². The predicted octanol–water partition coefficient (Wildman–Crippen LogP) is 0.894. The van der Waals surface area contributed by atoms with Crippen LogP contribution in [-0.2, 0) is 11.2 Å². The van der Waals surface area contributed by atoms with E-state index >= 15 is 0 Å². The van der Waals surface area contributed by atoms with E-state index in [4.69, 9.17) is 9.26 Å². The van der Waals surface area contributed by atoms with E-state index in [9.17, 15) is 4.79 Å². The van der Waals surface area contributed by atoms with Crippen molar-refractivity contribution in [2.24, 2.45) is 0 Å². The Kier molecular flexibility index (Phi) is 3.66. The number of hydrogen-bond acceptors (Lipinski definition) is 7. The van der Waals surface area contributed by atoms with Gasteiger partial charge >= 0.3 is 0 Å². The molecule has 0 radical (unpaired) electrons. The van der Waals surface area contributed by atoms with Crippen LogP contribution in [0.3, 0.4) is 0 Å². The van der Waals surface area contributed by atoms with Gasteiger partial charge in [-0.25, -0.2) is 4.98 Å². The van der Waals surface area contributed by atoms with Gasteiger partial charge in [-0.2, -0.15) is 4.98 Å². The Hall–Kier alpha value is -2.48. The summed E-state index contributed by atoms with van der Waals surface area (Å²) in [4.78, 5) is 25.5. The fourth-order valence-corrected chi connectivity index (χ4v) is 2.90. The molecule has 23 heavy (non-hydrogen) atoms. The van der Waals surface area contributed by atoms with Crippen LogP contribution in [0.2, 0.25) is 0 Å². The van der Waals surface area contributed by atoms with Gasteiger partial charge in [-0.05, 0) is 12.8 Å². The Morgan fingerprint density at radius 3 is 2.87 bits per heavy atom. The third-order valence-corrected chi connectivity index (χ3v) is 4.10. The van der Waals surface area contributed by atoms with Crippen molar-refractivity contribution in [3.8, 4) is 0 Å². The quantitative estimate of drug-likeness (QED) is 0.813. The number of hydrogen-bond donors (Lipinski definition) is 0. The van der Waals surface area contributed by atoms with Crippen LogP contribution in [0.5, 0.6) is 0 Å². The summed E-state index contributed by atoms with van der Waals surface area (Å²) < 4.78 is 10.4. The lowest BCUT2D eigenvalue weighted by molar-refractivity contribution is 0.0948. The number of carbonyl (C=O) groups is 1. The maximum absolute atomic E-state index is 12.6. The summed E-state index contributed by atoms with van der Waals surface area (Å²) in [5.74, 6) is 1.33. The molecule has 0 bridgehead atoms. The number of aromatic nitrogens is 3. The van der Waals surface area contributed by atoms with Gasteiger partial charge in [0.05, 0.1) is 19.4 Å². The second-order valence-corrected chi connectivity index (χ2v) is 5.56. The van der Waals surface area contributed by atoms with Gasteiger partial charge in [-0.15, -0.1) is 0 Å². The van der Waals surface area contributed by atoms with Crippen LogP contribution in [0, 0.1) is 0 Å². The lowest BCUT2D eigenvalue weighted by atomic mass is 10.1. The van der Waals surface area contributed by atoms with Crippen LogP contribution in [0.1, 0.15) is 22.5 Å². The molecule has 2 aromatic rings. The molecular weight excluding hydrogens is 298 g/mol. The van der Waals surface area contributed by atoms with E-state index in [1.807, 2.05) is 6.20 Å². The van der Waals surface area contributed by atoms with Crippen LogP contribution >= 0.6 is 0 Å². The molecule has 1 fully saturated rings. The number of rotatable bonds is 2. The zero-order chi connectivity index (χ0) is 15.6. The zero-order valence-electron chi connectivity index (χ0n) is 12.6. The fraction of sp³-hybridized carbons (Fsp3) is 0.467. The number of anilines is 2. The molecule has 1 amide bonds. The maximum atomic E-state index is 12.6. The van der Waals surface area contributed by atoms with Crippen LogP contribution in [0.15, 0.2) is 23.0 Å². The minimum atomic E-state index is -0.213. The van der Waals surface area contributed by atoms with E-state index in [-0.39, 0.29) is 11.7 Å². The van der Waals surface area contributed by atoms with Crippen molar-refractivity contribution >= 4 is 17.7 Å². The van der Waals surface area contributed by atoms with Crippen molar-refractivity contribution in [1.82, 2.24) is 15.1 Å². The highest BCUT2D eigenvalue weighted by Crippen LogP contribution is 2.28. The molecule has 0 unspecified atom stereocenters. The van der Waals surface area contributed by atoms with Crippen molar-refractivity contribution < 1.29 is 14.1 Å². The number of carbonyl (C=O) groups excluding carboxylic acids is 1. The number of aryl methyl sites for hydroxylation is 1. The number of morpholine rings is 1. The average molecular weight is 315 g/mol. The number of amides is 1. The van der Waals surface area contributed by atoms with Crippen molar-refractivity contribution in [3.05, 3.63) is 29.8 Å². The summed E-state index contributed by atoms with van der Waals surface area (Å²) in [7, 11) is 0. The average Bonchev–Trinajstić information content (AvgIpc) is 3.15. The molecule has 4 rings (SSSR count). The minimum absolute atomic E-state index is 0.213. The third-order valence-electron chi connectivity index (χ3n) is 4.10.